The minimum Gasteiger partial charge on any atom is -0.328 e. The van der Waals surface area contributed by atoms with Crippen molar-refractivity contribution in [1.82, 2.24) is 9.97 Å². The number of aromatic nitrogens is 2. The summed E-state index contributed by atoms with van der Waals surface area (Å²) in [6.45, 7) is 0. The van der Waals surface area contributed by atoms with Crippen molar-refractivity contribution in [3.8, 4) is 11.1 Å². The Balaban J connectivity index is 2.33. The van der Waals surface area contributed by atoms with Crippen molar-refractivity contribution in [3.63, 3.8) is 0 Å². The molecule has 0 bridgehead atoms. The number of hydrogen-bond donors (Lipinski definition) is 1. The molecule has 0 unspecified atom stereocenters. The number of fused-ring (bicyclic) bond motifs is 1. The van der Waals surface area contributed by atoms with Gasteiger partial charge in [-0.25, -0.2) is 4.39 Å². The molecule has 0 spiro atoms. The lowest BCUT2D eigenvalue weighted by Gasteiger charge is -2.05. The maximum atomic E-state index is 12.9. The molecular formula is C14H9FN2O. The van der Waals surface area contributed by atoms with Gasteiger partial charge in [0.15, 0.2) is 0 Å². The van der Waals surface area contributed by atoms with Gasteiger partial charge in [-0.05, 0) is 29.1 Å². The second-order valence-electron chi connectivity index (χ2n) is 3.96. The second kappa shape index (κ2) is 4.07. The number of rotatable bonds is 1. The Labute approximate surface area is 102 Å². The lowest BCUT2D eigenvalue weighted by atomic mass is 10.0. The number of aromatic amines is 1. The van der Waals surface area contributed by atoms with Gasteiger partial charge in [-0.3, -0.25) is 9.78 Å². The number of halogens is 1. The van der Waals surface area contributed by atoms with Gasteiger partial charge < -0.3 is 4.98 Å². The van der Waals surface area contributed by atoms with E-state index in [9.17, 15) is 9.18 Å². The predicted octanol–water partition coefficient (Wildman–Crippen LogP) is 2.73. The molecule has 0 radical (unpaired) electrons. The Morgan fingerprint density at radius 2 is 1.83 bits per heavy atom. The summed E-state index contributed by atoms with van der Waals surface area (Å²) in [7, 11) is 0. The number of nitrogens with zero attached hydrogens (tertiary/aromatic N) is 1. The average molecular weight is 240 g/mol. The van der Waals surface area contributed by atoms with Crippen LogP contribution in [0.1, 0.15) is 0 Å². The van der Waals surface area contributed by atoms with E-state index in [0.717, 1.165) is 16.5 Å². The SMILES string of the molecule is O=c1[nH]cc(-c2ccc(F)cc2)c2ccncc12. The topological polar surface area (TPSA) is 45.8 Å². The lowest BCUT2D eigenvalue weighted by molar-refractivity contribution is 0.628. The Bertz CT molecular complexity index is 763. The molecule has 0 aliphatic carbocycles. The fourth-order valence-corrected chi connectivity index (χ4v) is 1.97. The molecule has 2 aromatic heterocycles. The summed E-state index contributed by atoms with van der Waals surface area (Å²) >= 11 is 0. The van der Waals surface area contributed by atoms with Crippen LogP contribution in [0.4, 0.5) is 4.39 Å². The van der Waals surface area contributed by atoms with Crippen molar-refractivity contribution in [2.24, 2.45) is 0 Å². The molecule has 0 saturated carbocycles. The molecule has 3 nitrogen and oxygen atoms in total. The number of hydrogen-bond acceptors (Lipinski definition) is 2. The molecule has 3 aromatic rings. The van der Waals surface area contributed by atoms with E-state index < -0.39 is 0 Å². The number of nitrogens with one attached hydrogen (secondary N) is 1. The number of benzene rings is 1. The Hall–Kier alpha value is -2.49. The number of pyridine rings is 2. The third-order valence-electron chi connectivity index (χ3n) is 2.86. The number of H-pyrrole nitrogens is 1. The van der Waals surface area contributed by atoms with Crippen LogP contribution in [-0.4, -0.2) is 9.97 Å². The zero-order valence-electron chi connectivity index (χ0n) is 9.35. The molecule has 2 heterocycles. The minimum atomic E-state index is -0.283. The van der Waals surface area contributed by atoms with Crippen LogP contribution in [0, 0.1) is 5.82 Å². The van der Waals surface area contributed by atoms with Gasteiger partial charge >= 0.3 is 0 Å². The van der Waals surface area contributed by atoms with Crippen LogP contribution in [0.3, 0.4) is 0 Å². The first-order valence-electron chi connectivity index (χ1n) is 5.47. The summed E-state index contributed by atoms with van der Waals surface area (Å²) < 4.78 is 12.9. The minimum absolute atomic E-state index is 0.177. The first kappa shape index (κ1) is 10.7. The van der Waals surface area contributed by atoms with Gasteiger partial charge in [-0.1, -0.05) is 12.1 Å². The molecule has 0 saturated heterocycles. The molecule has 0 fully saturated rings. The summed E-state index contributed by atoms with van der Waals surface area (Å²) in [5, 5.41) is 1.33. The van der Waals surface area contributed by atoms with Crippen molar-refractivity contribution in [2.75, 3.05) is 0 Å². The van der Waals surface area contributed by atoms with E-state index in [0.29, 0.717) is 5.39 Å². The zero-order valence-corrected chi connectivity index (χ0v) is 9.35. The van der Waals surface area contributed by atoms with Gasteiger partial charge in [0.05, 0.1) is 5.39 Å². The fourth-order valence-electron chi connectivity index (χ4n) is 1.97. The molecule has 0 amide bonds. The van der Waals surface area contributed by atoms with E-state index in [-0.39, 0.29) is 11.4 Å². The van der Waals surface area contributed by atoms with Gasteiger partial charge in [0.2, 0.25) is 0 Å². The van der Waals surface area contributed by atoms with E-state index in [1.807, 2.05) is 0 Å². The normalized spacial score (nSPS) is 10.7. The highest BCUT2D eigenvalue weighted by molar-refractivity contribution is 5.94. The van der Waals surface area contributed by atoms with Crippen LogP contribution >= 0.6 is 0 Å². The summed E-state index contributed by atoms with van der Waals surface area (Å²) in [6.07, 6.45) is 4.80. The maximum absolute atomic E-state index is 12.9. The van der Waals surface area contributed by atoms with Gasteiger partial charge in [-0.15, -0.1) is 0 Å². The van der Waals surface area contributed by atoms with Crippen molar-refractivity contribution in [1.29, 1.82) is 0 Å². The smallest absolute Gasteiger partial charge is 0.257 e. The van der Waals surface area contributed by atoms with Gasteiger partial charge in [0.25, 0.3) is 5.56 Å². The molecular weight excluding hydrogens is 231 g/mol. The van der Waals surface area contributed by atoms with Crippen LogP contribution in [0.25, 0.3) is 21.9 Å². The molecule has 88 valence electrons. The van der Waals surface area contributed by atoms with Crippen LogP contribution in [0.5, 0.6) is 0 Å². The van der Waals surface area contributed by atoms with Crippen LogP contribution in [0.15, 0.2) is 53.7 Å². The second-order valence-corrected chi connectivity index (χ2v) is 3.96. The summed E-state index contributed by atoms with van der Waals surface area (Å²) in [4.78, 5) is 18.3. The molecule has 4 heteroatoms. The van der Waals surface area contributed by atoms with Crippen molar-refractivity contribution in [3.05, 3.63) is 65.1 Å². The lowest BCUT2D eigenvalue weighted by Crippen LogP contribution is -2.06. The molecule has 0 aliphatic rings. The predicted molar refractivity (Wildman–Crippen MR) is 67.8 cm³/mol. The van der Waals surface area contributed by atoms with Gasteiger partial charge in [0.1, 0.15) is 5.82 Å². The van der Waals surface area contributed by atoms with Gasteiger partial charge in [-0.2, -0.15) is 0 Å². The third kappa shape index (κ3) is 1.68. The Morgan fingerprint density at radius 1 is 1.06 bits per heavy atom. The molecule has 1 N–H and O–H groups in total. The van der Waals surface area contributed by atoms with Crippen LogP contribution in [-0.2, 0) is 0 Å². The van der Waals surface area contributed by atoms with Crippen molar-refractivity contribution >= 4 is 10.8 Å². The Morgan fingerprint density at radius 3 is 2.61 bits per heavy atom. The van der Waals surface area contributed by atoms with Crippen LogP contribution in [0.2, 0.25) is 0 Å². The maximum Gasteiger partial charge on any atom is 0.257 e. The standard InChI is InChI=1S/C14H9FN2O/c15-10-3-1-9(2-4-10)12-8-17-14(18)13-7-16-6-5-11(12)13/h1-8H,(H,17,18). The van der Waals surface area contributed by atoms with Crippen molar-refractivity contribution < 1.29 is 4.39 Å². The van der Waals surface area contributed by atoms with E-state index in [1.165, 1.54) is 18.3 Å². The molecule has 0 aliphatic heterocycles. The Kier molecular flexibility index (Phi) is 2.41. The van der Waals surface area contributed by atoms with Crippen LogP contribution < -0.4 is 5.56 Å². The highest BCUT2D eigenvalue weighted by Crippen LogP contribution is 2.25. The van der Waals surface area contributed by atoms with E-state index in [4.69, 9.17) is 0 Å². The largest absolute Gasteiger partial charge is 0.328 e. The van der Waals surface area contributed by atoms with E-state index >= 15 is 0 Å². The highest BCUT2D eigenvalue weighted by Gasteiger charge is 2.06. The molecule has 1 aromatic carbocycles. The quantitative estimate of drug-likeness (QED) is 0.710. The summed E-state index contributed by atoms with van der Waals surface area (Å²) in [5.41, 5.74) is 1.53. The van der Waals surface area contributed by atoms with Crippen molar-refractivity contribution in [2.45, 2.75) is 0 Å². The monoisotopic (exact) mass is 240 g/mol. The molecule has 18 heavy (non-hydrogen) atoms. The average Bonchev–Trinajstić information content (AvgIpc) is 2.41. The van der Waals surface area contributed by atoms with E-state index in [2.05, 4.69) is 9.97 Å². The first-order chi connectivity index (χ1) is 8.75. The summed E-state index contributed by atoms with van der Waals surface area (Å²) in [5.74, 6) is -0.283. The zero-order chi connectivity index (χ0) is 12.5. The van der Waals surface area contributed by atoms with E-state index in [1.54, 1.807) is 30.6 Å². The third-order valence-corrected chi connectivity index (χ3v) is 2.86. The molecule has 3 rings (SSSR count). The molecule has 0 atom stereocenters. The summed E-state index contributed by atoms with van der Waals surface area (Å²) in [6, 6.07) is 7.94. The highest BCUT2D eigenvalue weighted by atomic mass is 19.1. The first-order valence-corrected chi connectivity index (χ1v) is 5.47. The van der Waals surface area contributed by atoms with Gasteiger partial charge in [0, 0.05) is 24.2 Å². The fraction of sp³-hybridized carbons (Fsp3) is 0.